The first-order valence-corrected chi connectivity index (χ1v) is 16.4. The lowest BCUT2D eigenvalue weighted by Gasteiger charge is -2.50. The number of hydrogen-bond donors (Lipinski definition) is 5. The molecule has 4 aromatic carbocycles. The van der Waals surface area contributed by atoms with E-state index in [0.29, 0.717) is 38.5 Å². The molecule has 5 N–H and O–H groups in total. The number of benzene rings is 4. The zero-order chi connectivity index (χ0) is 34.9. The number of aldehydes is 2. The van der Waals surface area contributed by atoms with Gasteiger partial charge in [0.25, 0.3) is 0 Å². The fourth-order valence-electron chi connectivity index (χ4n) is 6.44. The molecule has 256 valence electrons. The molecular weight excluding hydrogens is 620 g/mol. The first-order chi connectivity index (χ1) is 23.8. The molecule has 4 aromatic rings. The quantitative estimate of drug-likeness (QED) is 0.0359. The Bertz CT molecular complexity index is 1590. The van der Waals surface area contributed by atoms with Crippen molar-refractivity contribution >= 4 is 24.8 Å². The largest absolute Gasteiger partial charge is 0.465 e. The van der Waals surface area contributed by atoms with E-state index in [0.717, 1.165) is 28.5 Å². The van der Waals surface area contributed by atoms with Crippen molar-refractivity contribution in [3.05, 3.63) is 144 Å². The van der Waals surface area contributed by atoms with Gasteiger partial charge >= 0.3 is 12.2 Å². The van der Waals surface area contributed by atoms with E-state index in [1.807, 2.05) is 121 Å². The molecule has 0 radical (unpaired) electrons. The Hall–Kier alpha value is -5.32. The van der Waals surface area contributed by atoms with Crippen molar-refractivity contribution < 1.29 is 29.4 Å². The molecule has 10 nitrogen and oxygen atoms in total. The summed E-state index contributed by atoms with van der Waals surface area (Å²) in [6, 6.07) is 36.2. The minimum absolute atomic E-state index is 0.0510. The van der Waals surface area contributed by atoms with E-state index in [-0.39, 0.29) is 12.8 Å². The number of nitrogens with one attached hydrogen (secondary N) is 3. The van der Waals surface area contributed by atoms with Gasteiger partial charge in [-0.1, -0.05) is 121 Å². The van der Waals surface area contributed by atoms with Crippen molar-refractivity contribution in [2.24, 2.45) is 5.92 Å². The van der Waals surface area contributed by atoms with Crippen molar-refractivity contribution in [3.8, 4) is 0 Å². The van der Waals surface area contributed by atoms with Crippen LogP contribution >= 0.6 is 0 Å². The number of carbonyl (C=O) groups is 4. The Morgan fingerprint density at radius 1 is 0.653 bits per heavy atom. The van der Waals surface area contributed by atoms with Gasteiger partial charge in [0, 0.05) is 12.3 Å². The number of carboxylic acid groups (broad SMARTS) is 2. The first kappa shape index (κ1) is 36.5. The van der Waals surface area contributed by atoms with Crippen LogP contribution in [-0.2, 0) is 35.3 Å². The lowest BCUT2D eigenvalue weighted by Crippen LogP contribution is -2.73. The Labute approximate surface area is 287 Å². The number of rotatable bonds is 20. The van der Waals surface area contributed by atoms with Crippen LogP contribution in [0.25, 0.3) is 0 Å². The Morgan fingerprint density at radius 3 is 1.61 bits per heavy atom. The molecular formula is C39H44N4O6. The van der Waals surface area contributed by atoms with E-state index >= 15 is 0 Å². The van der Waals surface area contributed by atoms with Gasteiger partial charge in [-0.25, -0.2) is 9.59 Å². The monoisotopic (exact) mass is 664 g/mol. The second kappa shape index (κ2) is 18.9. The number of amides is 2. The third-order valence-corrected chi connectivity index (χ3v) is 8.66. The fourth-order valence-corrected chi connectivity index (χ4v) is 6.44. The van der Waals surface area contributed by atoms with Gasteiger partial charge in [0.2, 0.25) is 0 Å². The molecule has 2 amide bonds. The van der Waals surface area contributed by atoms with Gasteiger partial charge in [-0.15, -0.1) is 0 Å². The molecule has 0 fully saturated rings. The van der Waals surface area contributed by atoms with E-state index < -0.39 is 35.9 Å². The fraction of sp³-hybridized carbons (Fsp3) is 0.282. The minimum Gasteiger partial charge on any atom is -0.465 e. The highest BCUT2D eigenvalue weighted by atomic mass is 16.4. The number of nitrogens with zero attached hydrogens (tertiary/aromatic N) is 1. The van der Waals surface area contributed by atoms with Crippen LogP contribution in [0.3, 0.4) is 0 Å². The summed E-state index contributed by atoms with van der Waals surface area (Å²) in [5.41, 5.74) is 4.30. The predicted molar refractivity (Wildman–Crippen MR) is 188 cm³/mol. The molecule has 0 aromatic heterocycles. The van der Waals surface area contributed by atoms with Crippen LogP contribution < -0.4 is 16.1 Å². The number of hydrazine groups is 1. The maximum Gasteiger partial charge on any atom is 0.419 e. The SMILES string of the molecule is O=CC(Cc1ccccc1)NCCC[C@@H](Cc1ccccc1)C(Cc1ccccc1)(NC(=O)O)N(NC(=O)O)[C@H](C=O)Cc1ccccc1. The smallest absolute Gasteiger partial charge is 0.419 e. The minimum atomic E-state index is -1.63. The summed E-state index contributed by atoms with van der Waals surface area (Å²) in [6.45, 7) is 0.448. The number of hydrogen-bond acceptors (Lipinski definition) is 6. The summed E-state index contributed by atoms with van der Waals surface area (Å²) in [5, 5.41) is 28.0. The van der Waals surface area contributed by atoms with Gasteiger partial charge in [0.05, 0.1) is 12.1 Å². The molecule has 0 saturated carbocycles. The van der Waals surface area contributed by atoms with Gasteiger partial charge in [-0.05, 0) is 60.9 Å². The average molecular weight is 665 g/mol. The third kappa shape index (κ3) is 11.1. The van der Waals surface area contributed by atoms with Crippen molar-refractivity contribution in [1.82, 2.24) is 21.1 Å². The molecule has 49 heavy (non-hydrogen) atoms. The van der Waals surface area contributed by atoms with Crippen LogP contribution in [0.4, 0.5) is 9.59 Å². The topological polar surface area (TPSA) is 148 Å². The van der Waals surface area contributed by atoms with Crippen LogP contribution in [0.2, 0.25) is 0 Å². The van der Waals surface area contributed by atoms with Crippen LogP contribution in [0.5, 0.6) is 0 Å². The molecule has 4 atom stereocenters. The van der Waals surface area contributed by atoms with Crippen LogP contribution in [0.1, 0.15) is 35.1 Å². The molecule has 4 rings (SSSR count). The average Bonchev–Trinajstić information content (AvgIpc) is 3.11. The maximum atomic E-state index is 12.9. The normalized spacial score (nSPS) is 14.1. The molecule has 0 saturated heterocycles. The van der Waals surface area contributed by atoms with E-state index in [2.05, 4.69) is 16.1 Å². The lowest BCUT2D eigenvalue weighted by molar-refractivity contribution is -0.122. The molecule has 2 unspecified atom stereocenters. The summed E-state index contributed by atoms with van der Waals surface area (Å²) in [4.78, 5) is 50.2. The summed E-state index contributed by atoms with van der Waals surface area (Å²) in [6.07, 6.45) is 0.759. The number of carbonyl (C=O) groups excluding carboxylic acids is 2. The predicted octanol–water partition coefficient (Wildman–Crippen LogP) is 5.53. The van der Waals surface area contributed by atoms with Gasteiger partial charge in [-0.3, -0.25) is 5.43 Å². The maximum absolute atomic E-state index is 12.9. The van der Waals surface area contributed by atoms with Gasteiger partial charge in [-0.2, -0.15) is 5.01 Å². The molecule has 10 heteroatoms. The van der Waals surface area contributed by atoms with Gasteiger partial charge in [0.15, 0.2) is 0 Å². The Balaban J connectivity index is 1.76. The van der Waals surface area contributed by atoms with Crippen molar-refractivity contribution in [2.45, 2.75) is 56.3 Å². The molecule has 0 spiro atoms. The second-order valence-electron chi connectivity index (χ2n) is 12.1. The summed E-state index contributed by atoms with van der Waals surface area (Å²) < 4.78 is 0. The third-order valence-electron chi connectivity index (χ3n) is 8.66. The van der Waals surface area contributed by atoms with Crippen molar-refractivity contribution in [3.63, 3.8) is 0 Å². The van der Waals surface area contributed by atoms with Crippen LogP contribution in [0, 0.1) is 5.92 Å². The van der Waals surface area contributed by atoms with Crippen LogP contribution in [0.15, 0.2) is 121 Å². The molecule has 0 heterocycles. The zero-order valence-electron chi connectivity index (χ0n) is 27.4. The molecule has 0 aliphatic carbocycles. The highest BCUT2D eigenvalue weighted by molar-refractivity contribution is 5.68. The van der Waals surface area contributed by atoms with E-state index in [1.165, 1.54) is 5.01 Å². The van der Waals surface area contributed by atoms with Crippen LogP contribution in [-0.4, -0.2) is 64.3 Å². The first-order valence-electron chi connectivity index (χ1n) is 16.4. The summed E-state index contributed by atoms with van der Waals surface area (Å²) in [7, 11) is 0. The Morgan fingerprint density at radius 2 is 1.14 bits per heavy atom. The summed E-state index contributed by atoms with van der Waals surface area (Å²) in [5.74, 6) is -0.554. The van der Waals surface area contributed by atoms with E-state index in [4.69, 9.17) is 0 Å². The van der Waals surface area contributed by atoms with E-state index in [1.54, 1.807) is 0 Å². The molecule has 0 aliphatic rings. The van der Waals surface area contributed by atoms with E-state index in [9.17, 15) is 29.4 Å². The van der Waals surface area contributed by atoms with Gasteiger partial charge < -0.3 is 30.4 Å². The Kier molecular flexibility index (Phi) is 14.1. The standard InChI is InChI=1S/C39H44N4O6/c44-28-35(25-31-16-7-2-8-17-31)40-23-13-22-34(24-30-14-5-1-6-15-30)39(41-37(46)47,27-33-20-11-4-12-21-33)43(42-38(48)49)36(29-45)26-32-18-9-3-10-19-32/h1-12,14-21,28-29,34-36,40-42H,13,22-27H2,(H,46,47)(H,48,49)/t34-,35?,36-,39?/m0/s1. The lowest BCUT2D eigenvalue weighted by atomic mass is 9.78. The van der Waals surface area contributed by atoms with Gasteiger partial charge in [0.1, 0.15) is 18.2 Å². The molecule has 0 bridgehead atoms. The second-order valence-corrected chi connectivity index (χ2v) is 12.1. The summed E-state index contributed by atoms with van der Waals surface area (Å²) >= 11 is 0. The van der Waals surface area contributed by atoms with Crippen molar-refractivity contribution in [2.75, 3.05) is 6.54 Å². The zero-order valence-corrected chi connectivity index (χ0v) is 27.4. The highest BCUT2D eigenvalue weighted by Gasteiger charge is 2.49. The van der Waals surface area contributed by atoms with Crippen molar-refractivity contribution in [1.29, 1.82) is 0 Å². The highest BCUT2D eigenvalue weighted by Crippen LogP contribution is 2.34. The molecule has 0 aliphatic heterocycles.